The summed E-state index contributed by atoms with van der Waals surface area (Å²) in [4.78, 5) is 0. The van der Waals surface area contributed by atoms with Crippen LogP contribution in [0, 0.1) is 0 Å². The van der Waals surface area contributed by atoms with Gasteiger partial charge in [-0.3, -0.25) is 4.68 Å². The van der Waals surface area contributed by atoms with Gasteiger partial charge in [-0.05, 0) is 12.1 Å². The number of allylic oxidation sites excluding steroid dienone is 1. The van der Waals surface area contributed by atoms with E-state index in [4.69, 9.17) is 9.47 Å². The van der Waals surface area contributed by atoms with Crippen LogP contribution in [0.2, 0.25) is 0 Å². The summed E-state index contributed by atoms with van der Waals surface area (Å²) < 4.78 is 13.0. The van der Waals surface area contributed by atoms with Crippen LogP contribution in [0.3, 0.4) is 0 Å². The predicted octanol–water partition coefficient (Wildman–Crippen LogP) is 1.99. The smallest absolute Gasteiger partial charge is 0.172 e. The molecular formula is C12H12N2O2. The van der Waals surface area contributed by atoms with E-state index in [0.717, 1.165) is 22.4 Å². The largest absolute Gasteiger partial charge is 0.486 e. The zero-order chi connectivity index (χ0) is 11.0. The molecule has 16 heavy (non-hydrogen) atoms. The van der Waals surface area contributed by atoms with Gasteiger partial charge in [0.1, 0.15) is 13.2 Å². The number of aromatic nitrogens is 2. The first kappa shape index (κ1) is 9.27. The fourth-order valence-corrected chi connectivity index (χ4v) is 1.93. The van der Waals surface area contributed by atoms with Crippen LogP contribution in [0.5, 0.6) is 11.5 Å². The molecule has 4 heteroatoms. The molecule has 3 rings (SSSR count). The highest BCUT2D eigenvalue weighted by molar-refractivity contribution is 5.88. The van der Waals surface area contributed by atoms with E-state index in [-0.39, 0.29) is 0 Å². The molecule has 0 aliphatic carbocycles. The maximum atomic E-state index is 5.62. The molecule has 1 aliphatic heterocycles. The van der Waals surface area contributed by atoms with Gasteiger partial charge in [0.2, 0.25) is 0 Å². The second-order valence-electron chi connectivity index (χ2n) is 3.64. The van der Waals surface area contributed by atoms with Crippen molar-refractivity contribution in [2.24, 2.45) is 0 Å². The molecule has 1 aliphatic rings. The molecule has 1 aromatic carbocycles. The minimum Gasteiger partial charge on any atom is -0.486 e. The fraction of sp³-hybridized carbons (Fsp3) is 0.250. The highest BCUT2D eigenvalue weighted by Gasteiger charge is 2.16. The molecule has 2 heterocycles. The van der Waals surface area contributed by atoms with E-state index in [9.17, 15) is 0 Å². The van der Waals surface area contributed by atoms with Crippen LogP contribution in [0.4, 0.5) is 0 Å². The van der Waals surface area contributed by atoms with Crippen molar-refractivity contribution in [2.45, 2.75) is 6.54 Å². The third kappa shape index (κ3) is 1.26. The molecule has 0 amide bonds. The van der Waals surface area contributed by atoms with Gasteiger partial charge >= 0.3 is 0 Å². The van der Waals surface area contributed by atoms with Crippen molar-refractivity contribution in [1.29, 1.82) is 0 Å². The number of hydrogen-bond acceptors (Lipinski definition) is 3. The van der Waals surface area contributed by atoms with Crippen LogP contribution >= 0.6 is 0 Å². The highest BCUT2D eigenvalue weighted by Crippen LogP contribution is 2.37. The average Bonchev–Trinajstić information content (AvgIpc) is 2.73. The Morgan fingerprint density at radius 2 is 2.25 bits per heavy atom. The second-order valence-corrected chi connectivity index (χ2v) is 3.64. The summed E-state index contributed by atoms with van der Waals surface area (Å²) in [5.74, 6) is 1.61. The average molecular weight is 216 g/mol. The quantitative estimate of drug-likeness (QED) is 0.720. The Balaban J connectivity index is 2.21. The van der Waals surface area contributed by atoms with Crippen molar-refractivity contribution in [3.63, 3.8) is 0 Å². The number of benzene rings is 1. The minimum atomic E-state index is 0.596. The Bertz CT molecular complexity index is 545. The Hall–Kier alpha value is -1.97. The van der Waals surface area contributed by atoms with Gasteiger partial charge in [-0.1, -0.05) is 6.08 Å². The van der Waals surface area contributed by atoms with E-state index in [1.54, 1.807) is 0 Å². The zero-order valence-electron chi connectivity index (χ0n) is 8.85. The summed E-state index contributed by atoms with van der Waals surface area (Å²) in [6.07, 6.45) is 3.63. The maximum Gasteiger partial charge on any atom is 0.172 e. The number of rotatable bonds is 2. The summed E-state index contributed by atoms with van der Waals surface area (Å²) in [5, 5.41) is 5.30. The van der Waals surface area contributed by atoms with E-state index in [1.165, 1.54) is 0 Å². The third-order valence-corrected chi connectivity index (χ3v) is 2.63. The SMILES string of the molecule is C=CCn1ncc2c3c(ccc21)OCCO3. The van der Waals surface area contributed by atoms with Crippen molar-refractivity contribution in [1.82, 2.24) is 9.78 Å². The van der Waals surface area contributed by atoms with Crippen molar-refractivity contribution in [3.8, 4) is 11.5 Å². The van der Waals surface area contributed by atoms with E-state index in [2.05, 4.69) is 11.7 Å². The van der Waals surface area contributed by atoms with Gasteiger partial charge in [0.25, 0.3) is 0 Å². The Labute approximate surface area is 93.1 Å². The number of nitrogens with zero attached hydrogens (tertiary/aromatic N) is 2. The normalized spacial score (nSPS) is 14.0. The van der Waals surface area contributed by atoms with Gasteiger partial charge in [0.05, 0.1) is 23.6 Å². The topological polar surface area (TPSA) is 36.3 Å². The first-order valence-corrected chi connectivity index (χ1v) is 5.25. The summed E-state index contributed by atoms with van der Waals surface area (Å²) in [6.45, 7) is 5.62. The predicted molar refractivity (Wildman–Crippen MR) is 60.9 cm³/mol. The minimum absolute atomic E-state index is 0.596. The molecule has 1 aromatic heterocycles. The molecule has 0 saturated carbocycles. The molecule has 0 unspecified atom stereocenters. The summed E-state index contributed by atoms with van der Waals surface area (Å²) in [5.41, 5.74) is 1.05. The van der Waals surface area contributed by atoms with Crippen LogP contribution in [-0.2, 0) is 6.54 Å². The van der Waals surface area contributed by atoms with Crippen molar-refractivity contribution >= 4 is 10.9 Å². The Morgan fingerprint density at radius 1 is 1.38 bits per heavy atom. The van der Waals surface area contributed by atoms with Crippen molar-refractivity contribution < 1.29 is 9.47 Å². The first-order chi connectivity index (χ1) is 7.90. The molecule has 82 valence electrons. The van der Waals surface area contributed by atoms with Gasteiger partial charge in [0, 0.05) is 0 Å². The summed E-state index contributed by atoms with van der Waals surface area (Å²) in [6, 6.07) is 3.93. The maximum absolute atomic E-state index is 5.62. The van der Waals surface area contributed by atoms with Crippen LogP contribution < -0.4 is 9.47 Å². The second kappa shape index (κ2) is 3.56. The van der Waals surface area contributed by atoms with Crippen LogP contribution in [0.1, 0.15) is 0 Å². The Kier molecular flexibility index (Phi) is 2.06. The number of ether oxygens (including phenoxy) is 2. The highest BCUT2D eigenvalue weighted by atomic mass is 16.6. The summed E-state index contributed by atoms with van der Waals surface area (Å²) >= 11 is 0. The summed E-state index contributed by atoms with van der Waals surface area (Å²) in [7, 11) is 0. The van der Waals surface area contributed by atoms with E-state index < -0.39 is 0 Å². The zero-order valence-corrected chi connectivity index (χ0v) is 8.85. The van der Waals surface area contributed by atoms with Gasteiger partial charge in [-0.25, -0.2) is 0 Å². The molecular weight excluding hydrogens is 204 g/mol. The lowest BCUT2D eigenvalue weighted by Crippen LogP contribution is -2.15. The van der Waals surface area contributed by atoms with E-state index in [1.807, 2.05) is 29.1 Å². The van der Waals surface area contributed by atoms with Gasteiger partial charge < -0.3 is 9.47 Å². The lowest BCUT2D eigenvalue weighted by Gasteiger charge is -2.18. The number of fused-ring (bicyclic) bond motifs is 3. The molecule has 0 spiro atoms. The first-order valence-electron chi connectivity index (χ1n) is 5.25. The molecule has 0 atom stereocenters. The molecule has 4 nitrogen and oxygen atoms in total. The third-order valence-electron chi connectivity index (χ3n) is 2.63. The lowest BCUT2D eigenvalue weighted by atomic mass is 10.2. The van der Waals surface area contributed by atoms with Crippen LogP contribution in [0.15, 0.2) is 31.0 Å². The molecule has 0 radical (unpaired) electrons. The van der Waals surface area contributed by atoms with E-state index in [0.29, 0.717) is 19.8 Å². The van der Waals surface area contributed by atoms with Crippen molar-refractivity contribution in [2.75, 3.05) is 13.2 Å². The standard InChI is InChI=1S/C12H12N2O2/c1-2-5-14-10-3-4-11-12(9(10)8-13-14)16-7-6-15-11/h2-4,8H,1,5-7H2. The molecule has 0 fully saturated rings. The molecule has 0 bridgehead atoms. The molecule has 0 N–H and O–H groups in total. The monoisotopic (exact) mass is 216 g/mol. The van der Waals surface area contributed by atoms with Crippen molar-refractivity contribution in [3.05, 3.63) is 31.0 Å². The lowest BCUT2D eigenvalue weighted by molar-refractivity contribution is 0.174. The molecule has 2 aromatic rings. The fourth-order valence-electron chi connectivity index (χ4n) is 1.93. The van der Waals surface area contributed by atoms with Crippen LogP contribution in [-0.4, -0.2) is 23.0 Å². The van der Waals surface area contributed by atoms with Gasteiger partial charge in [0.15, 0.2) is 11.5 Å². The number of hydrogen-bond donors (Lipinski definition) is 0. The molecule has 0 saturated heterocycles. The Morgan fingerprint density at radius 3 is 3.12 bits per heavy atom. The van der Waals surface area contributed by atoms with Gasteiger partial charge in [-0.2, -0.15) is 5.10 Å². The van der Waals surface area contributed by atoms with Crippen LogP contribution in [0.25, 0.3) is 10.9 Å². The van der Waals surface area contributed by atoms with Gasteiger partial charge in [-0.15, -0.1) is 6.58 Å². The van der Waals surface area contributed by atoms with E-state index >= 15 is 0 Å².